The van der Waals surface area contributed by atoms with Gasteiger partial charge in [-0.2, -0.15) is 0 Å². The van der Waals surface area contributed by atoms with Gasteiger partial charge in [0.1, 0.15) is 10.3 Å². The molecule has 2 aromatic heterocycles. The van der Waals surface area contributed by atoms with Gasteiger partial charge in [-0.1, -0.05) is 34.6 Å². The molecule has 2 heterocycles. The molecule has 0 unspecified atom stereocenters. The third kappa shape index (κ3) is 6.57. The van der Waals surface area contributed by atoms with E-state index in [4.69, 9.17) is 18.9 Å². The molecule has 3 rings (SSSR count). The molecule has 8 nitrogen and oxygen atoms in total. The zero-order valence-electron chi connectivity index (χ0n) is 25.0. The van der Waals surface area contributed by atoms with Gasteiger partial charge >= 0.3 is 0 Å². The molecule has 0 radical (unpaired) electrons. The number of amides is 1. The van der Waals surface area contributed by atoms with Gasteiger partial charge < -0.3 is 24.3 Å². The summed E-state index contributed by atoms with van der Waals surface area (Å²) in [5.41, 5.74) is 1.02. The van der Waals surface area contributed by atoms with Gasteiger partial charge in [0.25, 0.3) is 5.91 Å². The van der Waals surface area contributed by atoms with E-state index in [2.05, 4.69) is 65.8 Å². The largest absolute Gasteiger partial charge is 0.355 e. The lowest BCUT2D eigenvalue weighted by atomic mass is 9.52. The fraction of sp³-hybridized carbons (Fsp3) is 0.633. The number of hydrogen-bond donors (Lipinski definition) is 1. The summed E-state index contributed by atoms with van der Waals surface area (Å²) in [5.74, 6) is -0.230. The van der Waals surface area contributed by atoms with Crippen molar-refractivity contribution >= 4 is 27.5 Å². The first-order valence-electron chi connectivity index (χ1n) is 13.5. The Bertz CT molecular complexity index is 1160. The number of carbonyl (C=O) groups excluding carboxylic acids is 1. The van der Waals surface area contributed by atoms with Crippen LogP contribution in [-0.2, 0) is 18.9 Å². The van der Waals surface area contributed by atoms with Crippen molar-refractivity contribution in [1.82, 2.24) is 9.97 Å². The molecule has 222 valence electrons. The molecule has 0 aliphatic heterocycles. The molecular formula is C30H43BrFN3O5. The molecular weight excluding hydrogens is 581 g/mol. The molecule has 0 saturated heterocycles. The minimum atomic E-state index is -0.532. The predicted octanol–water partition coefficient (Wildman–Crippen LogP) is 6.67. The minimum Gasteiger partial charge on any atom is -0.355 e. The van der Waals surface area contributed by atoms with Crippen molar-refractivity contribution in [3.63, 3.8) is 0 Å². The van der Waals surface area contributed by atoms with Crippen LogP contribution in [0.15, 0.2) is 35.2 Å². The van der Waals surface area contributed by atoms with Crippen LogP contribution in [0.5, 0.6) is 0 Å². The topological polar surface area (TPSA) is 91.8 Å². The third-order valence-electron chi connectivity index (χ3n) is 8.71. The number of nitrogens with zero attached hydrogens (tertiary/aromatic N) is 2. The zero-order chi connectivity index (χ0) is 29.8. The second kappa shape index (κ2) is 13.3. The van der Waals surface area contributed by atoms with Crippen molar-refractivity contribution in [3.8, 4) is 0 Å². The first-order valence-corrected chi connectivity index (χ1v) is 14.3. The Labute approximate surface area is 245 Å². The molecule has 1 aliphatic rings. The number of methoxy groups -OCH3 is 4. The summed E-state index contributed by atoms with van der Waals surface area (Å²) in [6, 6.07) is 4.54. The summed E-state index contributed by atoms with van der Waals surface area (Å²) >= 11 is 3.06. The maximum absolute atomic E-state index is 13.7. The second-order valence-corrected chi connectivity index (χ2v) is 12.7. The minimum absolute atomic E-state index is 0.0114. The molecule has 10 heteroatoms. The van der Waals surface area contributed by atoms with Crippen LogP contribution in [0.3, 0.4) is 0 Å². The third-order valence-corrected chi connectivity index (χ3v) is 9.26. The number of aromatic nitrogens is 2. The molecule has 0 bridgehead atoms. The molecule has 40 heavy (non-hydrogen) atoms. The Morgan fingerprint density at radius 2 is 1.60 bits per heavy atom. The summed E-state index contributed by atoms with van der Waals surface area (Å²) in [6.07, 6.45) is 4.30. The van der Waals surface area contributed by atoms with Crippen molar-refractivity contribution in [2.24, 2.45) is 28.6 Å². The number of ether oxygens (including phenoxy) is 4. The number of rotatable bonds is 11. The predicted molar refractivity (Wildman–Crippen MR) is 155 cm³/mol. The quantitative estimate of drug-likeness (QED) is 0.221. The molecule has 1 fully saturated rings. The maximum atomic E-state index is 13.7. The molecule has 4 atom stereocenters. The molecule has 1 N–H and O–H groups in total. The van der Waals surface area contributed by atoms with E-state index < -0.39 is 24.3 Å². The van der Waals surface area contributed by atoms with Crippen LogP contribution in [0.2, 0.25) is 0 Å². The van der Waals surface area contributed by atoms with Gasteiger partial charge in [-0.25, -0.2) is 9.37 Å². The van der Waals surface area contributed by atoms with Gasteiger partial charge in [-0.3, -0.25) is 9.78 Å². The Morgan fingerprint density at radius 1 is 1.00 bits per heavy atom. The summed E-state index contributed by atoms with van der Waals surface area (Å²) in [4.78, 5) is 21.4. The number of carbonyl (C=O) groups is 1. The number of halogens is 2. The molecule has 2 aromatic rings. The average Bonchev–Trinajstić information content (AvgIpc) is 2.91. The highest BCUT2D eigenvalue weighted by atomic mass is 79.9. The highest BCUT2D eigenvalue weighted by Crippen LogP contribution is 2.58. The van der Waals surface area contributed by atoms with Crippen LogP contribution in [0.25, 0.3) is 0 Å². The van der Waals surface area contributed by atoms with Crippen LogP contribution in [0.1, 0.15) is 69.4 Å². The fourth-order valence-electron chi connectivity index (χ4n) is 7.15. The smallest absolute Gasteiger partial charge is 0.274 e. The normalized spacial score (nSPS) is 22.1. The van der Waals surface area contributed by atoms with E-state index in [0.717, 1.165) is 18.4 Å². The molecule has 1 aliphatic carbocycles. The van der Waals surface area contributed by atoms with E-state index in [1.54, 1.807) is 40.8 Å². The van der Waals surface area contributed by atoms with Crippen molar-refractivity contribution in [2.75, 3.05) is 33.8 Å². The Kier molecular flexibility index (Phi) is 10.8. The zero-order valence-corrected chi connectivity index (χ0v) is 26.5. The van der Waals surface area contributed by atoms with Crippen LogP contribution < -0.4 is 5.32 Å². The first-order chi connectivity index (χ1) is 18.8. The van der Waals surface area contributed by atoms with Gasteiger partial charge in [-0.05, 0) is 76.2 Å². The summed E-state index contributed by atoms with van der Waals surface area (Å²) in [6.45, 7) is 11.1. The second-order valence-electron chi connectivity index (χ2n) is 11.9. The fourth-order valence-corrected chi connectivity index (χ4v) is 7.47. The van der Waals surface area contributed by atoms with E-state index in [-0.39, 0.29) is 44.8 Å². The highest BCUT2D eigenvalue weighted by molar-refractivity contribution is 9.10. The SMILES string of the molecule is COC(OC)C(C)(C)[C@H]1[C@H](C)C[C@@H](c2ccncc2NC(=O)c2ccc(F)c(Br)n2)C[C@H]1C(C)(C)C(OC)OC. The van der Waals surface area contributed by atoms with E-state index >= 15 is 0 Å². The molecule has 1 saturated carbocycles. The number of anilines is 1. The number of hydrogen-bond acceptors (Lipinski definition) is 7. The standard InChI is InChI=1S/C30H43BrFN3O5/c1-17-14-18(19-12-13-33-16-23(19)35-26(36)22-11-10-21(32)25(31)34-22)15-20(29(2,3)27(37-6)38-7)24(17)30(4,5)28(39-8)40-9/h10-13,16-18,20,24,27-28H,14-15H2,1-9H3,(H,35,36)/t17-,18-,20-,24+/m1/s1. The van der Waals surface area contributed by atoms with E-state index in [1.807, 2.05) is 6.07 Å². The molecule has 0 spiro atoms. The lowest BCUT2D eigenvalue weighted by Gasteiger charge is -2.56. The van der Waals surface area contributed by atoms with Crippen LogP contribution in [0.4, 0.5) is 10.1 Å². The van der Waals surface area contributed by atoms with Crippen molar-refractivity contribution in [2.45, 2.75) is 66.0 Å². The summed E-state index contributed by atoms with van der Waals surface area (Å²) in [7, 11) is 6.70. The average molecular weight is 625 g/mol. The number of pyridine rings is 2. The van der Waals surface area contributed by atoms with E-state index in [9.17, 15) is 9.18 Å². The highest BCUT2D eigenvalue weighted by Gasteiger charge is 2.54. The maximum Gasteiger partial charge on any atom is 0.274 e. The van der Waals surface area contributed by atoms with Crippen molar-refractivity contribution in [1.29, 1.82) is 0 Å². The van der Waals surface area contributed by atoms with Gasteiger partial charge in [0.15, 0.2) is 18.4 Å². The van der Waals surface area contributed by atoms with Gasteiger partial charge in [0.2, 0.25) is 0 Å². The van der Waals surface area contributed by atoms with E-state index in [0.29, 0.717) is 5.69 Å². The monoisotopic (exact) mass is 623 g/mol. The van der Waals surface area contributed by atoms with Gasteiger partial charge in [0, 0.05) is 45.5 Å². The van der Waals surface area contributed by atoms with Crippen molar-refractivity contribution < 1.29 is 28.1 Å². The summed E-state index contributed by atoms with van der Waals surface area (Å²) in [5, 5.41) is 2.97. The van der Waals surface area contributed by atoms with Crippen LogP contribution in [0, 0.1) is 34.4 Å². The molecule has 0 aromatic carbocycles. The lowest BCUT2D eigenvalue weighted by molar-refractivity contribution is -0.235. The Hall–Kier alpha value is -1.98. The molecule has 1 amide bonds. The van der Waals surface area contributed by atoms with Gasteiger partial charge in [0.05, 0.1) is 11.9 Å². The Balaban J connectivity index is 2.02. The van der Waals surface area contributed by atoms with Crippen molar-refractivity contribution in [3.05, 3.63) is 52.3 Å². The first kappa shape index (κ1) is 32.5. The number of nitrogens with one attached hydrogen (secondary N) is 1. The Morgan fingerprint density at radius 3 is 2.17 bits per heavy atom. The van der Waals surface area contributed by atoms with E-state index in [1.165, 1.54) is 12.1 Å². The van der Waals surface area contributed by atoms with Crippen LogP contribution in [-0.4, -0.2) is 56.9 Å². The lowest BCUT2D eigenvalue weighted by Crippen LogP contribution is -2.54. The van der Waals surface area contributed by atoms with Gasteiger partial charge in [-0.15, -0.1) is 0 Å². The van der Waals surface area contributed by atoms with Crippen LogP contribution >= 0.6 is 15.9 Å². The summed E-state index contributed by atoms with van der Waals surface area (Å²) < 4.78 is 36.9.